The third-order valence-corrected chi connectivity index (χ3v) is 6.85. The van der Waals surface area contributed by atoms with Crippen LogP contribution in [-0.4, -0.2) is 41.3 Å². The number of rotatable bonds is 7. The summed E-state index contributed by atoms with van der Waals surface area (Å²) in [5.74, 6) is -1.70. The highest BCUT2D eigenvalue weighted by Crippen LogP contribution is 2.36. The highest BCUT2D eigenvalue weighted by atomic mass is 32.2. The van der Waals surface area contributed by atoms with Crippen LogP contribution in [-0.2, 0) is 25.9 Å². The van der Waals surface area contributed by atoms with Crippen molar-refractivity contribution in [1.29, 1.82) is 0 Å². The van der Waals surface area contributed by atoms with Gasteiger partial charge in [-0.05, 0) is 31.5 Å². The van der Waals surface area contributed by atoms with Crippen molar-refractivity contribution in [3.63, 3.8) is 0 Å². The molecule has 164 valence electrons. The lowest BCUT2D eigenvalue weighted by atomic mass is 10.0. The van der Waals surface area contributed by atoms with E-state index in [1.165, 1.54) is 23.4 Å². The molecule has 0 amide bonds. The fraction of sp³-hybridized carbons (Fsp3) is 0.333. The zero-order valence-electron chi connectivity index (χ0n) is 16.7. The van der Waals surface area contributed by atoms with Gasteiger partial charge in [-0.3, -0.25) is 0 Å². The molecule has 1 aliphatic rings. The van der Waals surface area contributed by atoms with Crippen LogP contribution < -0.4 is 0 Å². The molecule has 7 nitrogen and oxygen atoms in total. The van der Waals surface area contributed by atoms with E-state index in [-0.39, 0.29) is 29.2 Å². The molecule has 1 fully saturated rings. The smallest absolute Gasteiger partial charge is 0.178 e. The Morgan fingerprint density at radius 2 is 1.87 bits per heavy atom. The monoisotopic (exact) mass is 449 g/mol. The van der Waals surface area contributed by atoms with E-state index in [0.29, 0.717) is 0 Å². The molecule has 0 bridgehead atoms. The molecule has 0 aliphatic carbocycles. The number of benzene rings is 2. The van der Waals surface area contributed by atoms with Gasteiger partial charge in [0.1, 0.15) is 30.4 Å². The van der Waals surface area contributed by atoms with Crippen LogP contribution in [0, 0.1) is 18.6 Å². The van der Waals surface area contributed by atoms with E-state index in [1.807, 2.05) is 6.92 Å². The van der Waals surface area contributed by atoms with Gasteiger partial charge in [0.15, 0.2) is 16.1 Å². The van der Waals surface area contributed by atoms with E-state index in [2.05, 4.69) is 10.1 Å². The first-order chi connectivity index (χ1) is 14.8. The molecule has 0 N–H and O–H groups in total. The van der Waals surface area contributed by atoms with Gasteiger partial charge in [0.05, 0.1) is 23.3 Å². The second kappa shape index (κ2) is 8.81. The van der Waals surface area contributed by atoms with Crippen LogP contribution in [0.5, 0.6) is 0 Å². The third-order valence-electron chi connectivity index (χ3n) is 5.09. The number of halogens is 2. The molecule has 3 unspecified atom stereocenters. The summed E-state index contributed by atoms with van der Waals surface area (Å²) in [5, 5.41) is 3.99. The number of ether oxygens (including phenoxy) is 2. The minimum atomic E-state index is -3.57. The number of sulfone groups is 1. The van der Waals surface area contributed by atoms with Gasteiger partial charge in [-0.25, -0.2) is 26.9 Å². The van der Waals surface area contributed by atoms with Crippen LogP contribution in [0.4, 0.5) is 8.78 Å². The van der Waals surface area contributed by atoms with Gasteiger partial charge in [0.25, 0.3) is 0 Å². The lowest BCUT2D eigenvalue weighted by Crippen LogP contribution is -2.22. The Hall–Kier alpha value is -2.69. The molecule has 2 heterocycles. The highest BCUT2D eigenvalue weighted by Gasteiger charge is 2.39. The summed E-state index contributed by atoms with van der Waals surface area (Å²) in [5.41, 5.74) is 1.06. The number of hydrogen-bond donors (Lipinski definition) is 0. The van der Waals surface area contributed by atoms with Gasteiger partial charge in [-0.2, -0.15) is 5.10 Å². The maximum atomic E-state index is 14.4. The van der Waals surface area contributed by atoms with Crippen LogP contribution in [0.3, 0.4) is 0 Å². The molecular formula is C21H21F2N3O4S. The summed E-state index contributed by atoms with van der Waals surface area (Å²) < 4.78 is 66.6. The van der Waals surface area contributed by atoms with Gasteiger partial charge in [-0.1, -0.05) is 23.8 Å². The molecule has 4 rings (SSSR count). The van der Waals surface area contributed by atoms with E-state index in [9.17, 15) is 17.2 Å². The zero-order chi connectivity index (χ0) is 22.0. The maximum absolute atomic E-state index is 14.4. The quantitative estimate of drug-likeness (QED) is 0.551. The molecule has 3 atom stereocenters. The molecule has 0 radical (unpaired) electrons. The first-order valence-electron chi connectivity index (χ1n) is 9.69. The first-order valence-corrected chi connectivity index (χ1v) is 11.3. The van der Waals surface area contributed by atoms with E-state index < -0.39 is 40.0 Å². The first kappa shape index (κ1) is 21.5. The Labute approximate surface area is 178 Å². The Morgan fingerprint density at radius 1 is 1.10 bits per heavy atom. The van der Waals surface area contributed by atoms with Crippen LogP contribution in [0.1, 0.15) is 23.7 Å². The van der Waals surface area contributed by atoms with Gasteiger partial charge in [0.2, 0.25) is 0 Å². The van der Waals surface area contributed by atoms with Crippen molar-refractivity contribution >= 4 is 9.84 Å². The summed E-state index contributed by atoms with van der Waals surface area (Å²) in [6.07, 6.45) is 0.498. The van der Waals surface area contributed by atoms with E-state index in [4.69, 9.17) is 9.47 Å². The normalized spacial score (nSPS) is 21.5. The summed E-state index contributed by atoms with van der Waals surface area (Å²) in [6, 6.07) is 9.76. The lowest BCUT2D eigenvalue weighted by Gasteiger charge is -2.18. The largest absolute Gasteiger partial charge is 0.344 e. The molecular weight excluding hydrogens is 428 g/mol. The topological polar surface area (TPSA) is 83.3 Å². The molecule has 31 heavy (non-hydrogen) atoms. The van der Waals surface area contributed by atoms with E-state index in [1.54, 1.807) is 24.3 Å². The molecule has 1 aliphatic heterocycles. The number of hydrogen-bond acceptors (Lipinski definition) is 6. The van der Waals surface area contributed by atoms with Crippen LogP contribution >= 0.6 is 0 Å². The van der Waals surface area contributed by atoms with Crippen molar-refractivity contribution in [3.05, 3.63) is 77.9 Å². The lowest BCUT2D eigenvalue weighted by molar-refractivity contribution is -0.0784. The standard InChI is InChI=1S/C21H21F2N3O4S/c1-14-2-5-16(6-3-14)31(27,28)9-8-19-21(17-7-4-15(22)10-18(17)23)30-20(29-19)11-26-13-24-12-25-26/h2-7,10,12-13,19-21H,8-9,11H2,1H3. The van der Waals surface area contributed by atoms with Crippen molar-refractivity contribution in [1.82, 2.24) is 14.8 Å². The van der Waals surface area contributed by atoms with Crippen molar-refractivity contribution in [3.8, 4) is 0 Å². The molecule has 2 aromatic carbocycles. The summed E-state index contributed by atoms with van der Waals surface area (Å²) >= 11 is 0. The minimum Gasteiger partial charge on any atom is -0.344 e. The van der Waals surface area contributed by atoms with Crippen molar-refractivity contribution in [2.45, 2.75) is 43.3 Å². The zero-order valence-corrected chi connectivity index (χ0v) is 17.5. The molecule has 10 heteroatoms. The average molecular weight is 449 g/mol. The average Bonchev–Trinajstić information content (AvgIpc) is 3.37. The molecule has 1 saturated heterocycles. The molecule has 3 aromatic rings. The summed E-state index contributed by atoms with van der Waals surface area (Å²) in [4.78, 5) is 4.06. The molecule has 0 spiro atoms. The van der Waals surface area contributed by atoms with E-state index in [0.717, 1.165) is 17.7 Å². The highest BCUT2D eigenvalue weighted by molar-refractivity contribution is 7.91. The summed E-state index contributed by atoms with van der Waals surface area (Å²) in [6.45, 7) is 2.07. The van der Waals surface area contributed by atoms with Crippen LogP contribution in [0.25, 0.3) is 0 Å². The SMILES string of the molecule is Cc1ccc(S(=O)(=O)CCC2OC(Cn3cncn3)OC2c2ccc(F)cc2F)cc1. The van der Waals surface area contributed by atoms with Gasteiger partial charge in [-0.15, -0.1) is 0 Å². The minimum absolute atomic E-state index is 0.0750. The molecule has 0 saturated carbocycles. The Bertz CT molecular complexity index is 1140. The second-order valence-electron chi connectivity index (χ2n) is 7.36. The Morgan fingerprint density at radius 3 is 2.55 bits per heavy atom. The maximum Gasteiger partial charge on any atom is 0.178 e. The second-order valence-corrected chi connectivity index (χ2v) is 9.47. The number of aryl methyl sites for hydroxylation is 1. The number of nitrogens with zero attached hydrogens (tertiary/aromatic N) is 3. The van der Waals surface area contributed by atoms with Crippen LogP contribution in [0.15, 0.2) is 60.0 Å². The summed E-state index contributed by atoms with van der Waals surface area (Å²) in [7, 11) is -3.57. The van der Waals surface area contributed by atoms with Crippen molar-refractivity contribution in [2.24, 2.45) is 0 Å². The van der Waals surface area contributed by atoms with Crippen LogP contribution in [0.2, 0.25) is 0 Å². The predicted molar refractivity (Wildman–Crippen MR) is 107 cm³/mol. The van der Waals surface area contributed by atoms with Gasteiger partial charge < -0.3 is 9.47 Å². The Balaban J connectivity index is 1.54. The van der Waals surface area contributed by atoms with Crippen molar-refractivity contribution in [2.75, 3.05) is 5.75 Å². The van der Waals surface area contributed by atoms with Crippen molar-refractivity contribution < 1.29 is 26.7 Å². The fourth-order valence-corrected chi connectivity index (χ4v) is 4.80. The fourth-order valence-electron chi connectivity index (χ4n) is 3.48. The predicted octanol–water partition coefficient (Wildman–Crippen LogP) is 3.21. The Kier molecular flexibility index (Phi) is 6.12. The molecule has 1 aromatic heterocycles. The van der Waals surface area contributed by atoms with Gasteiger partial charge in [0, 0.05) is 11.6 Å². The third kappa shape index (κ3) is 4.97. The van der Waals surface area contributed by atoms with E-state index >= 15 is 0 Å². The number of aromatic nitrogens is 3. The van der Waals surface area contributed by atoms with Gasteiger partial charge >= 0.3 is 0 Å².